The lowest BCUT2D eigenvalue weighted by atomic mass is 10.5. The van der Waals surface area contributed by atoms with Gasteiger partial charge in [-0.3, -0.25) is 0 Å². The summed E-state index contributed by atoms with van der Waals surface area (Å²) in [6.45, 7) is 0. The zero-order valence-electron chi connectivity index (χ0n) is 4.10. The van der Waals surface area contributed by atoms with E-state index in [0.717, 1.165) is 0 Å². The topological polar surface area (TPSA) is 20.2 Å². The molecule has 0 aliphatic heterocycles. The minimum Gasteiger partial charge on any atom is -0.502 e. The third-order valence-electron chi connectivity index (χ3n) is 0.422. The second kappa shape index (κ2) is 7.60. The molecule has 0 amide bonds. The fourth-order valence-corrected chi connectivity index (χ4v) is 0.512. The maximum Gasteiger partial charge on any atom is 0.154 e. The van der Waals surface area contributed by atoms with Gasteiger partial charge in [-0.15, -0.1) is 24.0 Å². The first-order valence-electron chi connectivity index (χ1n) is 1.88. The normalized spacial score (nSPS) is 10.5. The number of aliphatic hydroxyl groups is 1. The first-order chi connectivity index (χ1) is 3.27. The van der Waals surface area contributed by atoms with Crippen LogP contribution in [0.3, 0.4) is 0 Å². The molecule has 0 fully saturated rings. The SMILES string of the molecule is Cl.O/C(Br)=C/CCCl. The molecule has 0 atom stereocenters. The zero-order valence-corrected chi connectivity index (χ0v) is 7.26. The van der Waals surface area contributed by atoms with Gasteiger partial charge in [-0.1, -0.05) is 0 Å². The van der Waals surface area contributed by atoms with E-state index in [0.29, 0.717) is 12.3 Å². The molecule has 0 unspecified atom stereocenters. The molecule has 0 spiro atoms. The third-order valence-corrected chi connectivity index (χ3v) is 0.964. The Labute approximate surface area is 68.3 Å². The van der Waals surface area contributed by atoms with Crippen molar-refractivity contribution in [2.75, 3.05) is 5.88 Å². The summed E-state index contributed by atoms with van der Waals surface area (Å²) in [6.07, 6.45) is 2.31. The van der Waals surface area contributed by atoms with E-state index in [1.807, 2.05) is 0 Å². The average Bonchev–Trinajstić information content (AvgIpc) is 1.61. The van der Waals surface area contributed by atoms with Gasteiger partial charge >= 0.3 is 0 Å². The minimum atomic E-state index is 0. The van der Waals surface area contributed by atoms with E-state index in [-0.39, 0.29) is 17.1 Å². The Balaban J connectivity index is 0. The molecule has 0 rings (SSSR count). The van der Waals surface area contributed by atoms with Gasteiger partial charge in [0.15, 0.2) is 4.67 Å². The van der Waals surface area contributed by atoms with Gasteiger partial charge in [0.1, 0.15) is 0 Å². The first kappa shape index (κ1) is 11.4. The van der Waals surface area contributed by atoms with Gasteiger partial charge < -0.3 is 5.11 Å². The van der Waals surface area contributed by atoms with E-state index in [4.69, 9.17) is 16.7 Å². The second-order valence-electron chi connectivity index (χ2n) is 1.00. The summed E-state index contributed by atoms with van der Waals surface area (Å²) in [7, 11) is 0. The van der Waals surface area contributed by atoms with Gasteiger partial charge in [0, 0.05) is 5.88 Å². The smallest absolute Gasteiger partial charge is 0.154 e. The Morgan fingerprint density at radius 3 is 2.38 bits per heavy atom. The Morgan fingerprint density at radius 1 is 1.75 bits per heavy atom. The molecule has 1 N–H and O–H groups in total. The van der Waals surface area contributed by atoms with Crippen LogP contribution >= 0.6 is 39.9 Å². The lowest BCUT2D eigenvalue weighted by molar-refractivity contribution is 0.458. The van der Waals surface area contributed by atoms with E-state index >= 15 is 0 Å². The molecule has 0 saturated heterocycles. The van der Waals surface area contributed by atoms with Crippen LogP contribution in [-0.2, 0) is 0 Å². The zero-order chi connectivity index (χ0) is 5.70. The van der Waals surface area contributed by atoms with E-state index < -0.39 is 0 Å². The maximum absolute atomic E-state index is 8.40. The monoisotopic (exact) mass is 220 g/mol. The van der Waals surface area contributed by atoms with Crippen LogP contribution in [0.2, 0.25) is 0 Å². The van der Waals surface area contributed by atoms with Gasteiger partial charge in [0.05, 0.1) is 0 Å². The number of rotatable bonds is 2. The summed E-state index contributed by atoms with van der Waals surface area (Å²) >= 11 is 8.10. The van der Waals surface area contributed by atoms with Crippen molar-refractivity contribution in [1.82, 2.24) is 0 Å². The molecule has 0 bridgehead atoms. The molecule has 4 heteroatoms. The number of aliphatic hydroxyl groups excluding tert-OH is 1. The number of allylic oxidation sites excluding steroid dienone is 1. The quantitative estimate of drug-likeness (QED) is 0.562. The highest BCUT2D eigenvalue weighted by Gasteiger charge is 1.78. The van der Waals surface area contributed by atoms with Gasteiger partial charge in [-0.05, 0) is 28.4 Å². The van der Waals surface area contributed by atoms with Crippen LogP contribution < -0.4 is 0 Å². The lowest BCUT2D eigenvalue weighted by Crippen LogP contribution is -1.68. The van der Waals surface area contributed by atoms with Crippen molar-refractivity contribution < 1.29 is 5.11 Å². The van der Waals surface area contributed by atoms with Crippen LogP contribution in [-0.4, -0.2) is 11.0 Å². The van der Waals surface area contributed by atoms with E-state index in [2.05, 4.69) is 15.9 Å². The molecule has 1 nitrogen and oxygen atoms in total. The van der Waals surface area contributed by atoms with Crippen LogP contribution in [0.4, 0.5) is 0 Å². The van der Waals surface area contributed by atoms with Crippen molar-refractivity contribution in [3.8, 4) is 0 Å². The lowest BCUT2D eigenvalue weighted by Gasteiger charge is -1.81. The fraction of sp³-hybridized carbons (Fsp3) is 0.500. The minimum absolute atomic E-state index is 0. The second-order valence-corrected chi connectivity index (χ2v) is 2.19. The molecule has 0 aliphatic rings. The van der Waals surface area contributed by atoms with Gasteiger partial charge in [-0.25, -0.2) is 0 Å². The van der Waals surface area contributed by atoms with Crippen LogP contribution in [0.15, 0.2) is 10.7 Å². The summed E-state index contributed by atoms with van der Waals surface area (Å²) in [5.41, 5.74) is 0. The number of halogens is 3. The van der Waals surface area contributed by atoms with Crippen molar-refractivity contribution in [2.45, 2.75) is 6.42 Å². The van der Waals surface area contributed by atoms with Crippen molar-refractivity contribution in [2.24, 2.45) is 0 Å². The van der Waals surface area contributed by atoms with Crippen LogP contribution in [0.1, 0.15) is 6.42 Å². The van der Waals surface area contributed by atoms with Crippen molar-refractivity contribution >= 4 is 39.9 Å². The molecule has 0 aromatic heterocycles. The molecule has 8 heavy (non-hydrogen) atoms. The molecule has 0 saturated carbocycles. The fourth-order valence-electron chi connectivity index (χ4n) is 0.174. The summed E-state index contributed by atoms with van der Waals surface area (Å²) in [5.74, 6) is 0.551. The summed E-state index contributed by atoms with van der Waals surface area (Å²) in [6, 6.07) is 0. The van der Waals surface area contributed by atoms with Gasteiger partial charge in [-0.2, -0.15) is 0 Å². The van der Waals surface area contributed by atoms with Crippen molar-refractivity contribution in [3.63, 3.8) is 0 Å². The molecular weight excluding hydrogens is 215 g/mol. The molecule has 50 valence electrons. The molecule has 0 aliphatic carbocycles. The van der Waals surface area contributed by atoms with E-state index in [1.165, 1.54) is 0 Å². The summed E-state index contributed by atoms with van der Waals surface area (Å²) in [4.78, 5) is 0. The largest absolute Gasteiger partial charge is 0.502 e. The Kier molecular flexibility index (Phi) is 10.8. The van der Waals surface area contributed by atoms with Crippen LogP contribution in [0.25, 0.3) is 0 Å². The highest BCUT2D eigenvalue weighted by Crippen LogP contribution is 1.99. The Bertz CT molecular complexity index is 70.4. The van der Waals surface area contributed by atoms with Crippen molar-refractivity contribution in [1.29, 1.82) is 0 Å². The molecule has 0 radical (unpaired) electrons. The number of hydrogen-bond donors (Lipinski definition) is 1. The predicted octanol–water partition coefficient (Wildman–Crippen LogP) is 2.83. The predicted molar refractivity (Wildman–Crippen MR) is 42.2 cm³/mol. The third kappa shape index (κ3) is 9.78. The van der Waals surface area contributed by atoms with Gasteiger partial charge in [0.25, 0.3) is 0 Å². The standard InChI is InChI=1S/C4H6BrClO.ClH/c5-4(7)2-1-3-6;/h2,7H,1,3H2;1H/b4-2+;. The summed E-state index contributed by atoms with van der Waals surface area (Å²) < 4.78 is 0.160. The number of hydrogen-bond acceptors (Lipinski definition) is 1. The molecule has 0 aromatic rings. The van der Waals surface area contributed by atoms with E-state index in [1.54, 1.807) is 6.08 Å². The first-order valence-corrected chi connectivity index (χ1v) is 3.20. The van der Waals surface area contributed by atoms with E-state index in [9.17, 15) is 0 Å². The van der Waals surface area contributed by atoms with Gasteiger partial charge in [0.2, 0.25) is 0 Å². The molecule has 0 aromatic carbocycles. The highest BCUT2D eigenvalue weighted by atomic mass is 79.9. The van der Waals surface area contributed by atoms with Crippen LogP contribution in [0.5, 0.6) is 0 Å². The Morgan fingerprint density at radius 2 is 2.25 bits per heavy atom. The molecular formula is C4H7BrCl2O. The summed E-state index contributed by atoms with van der Waals surface area (Å²) in [5, 5.41) is 8.40. The number of alkyl halides is 1. The van der Waals surface area contributed by atoms with Crippen molar-refractivity contribution in [3.05, 3.63) is 10.7 Å². The Hall–Kier alpha value is 0.600. The maximum atomic E-state index is 8.40. The molecule has 0 heterocycles. The van der Waals surface area contributed by atoms with Crippen LogP contribution in [0, 0.1) is 0 Å². The average molecular weight is 222 g/mol. The highest BCUT2D eigenvalue weighted by molar-refractivity contribution is 9.11.